The Labute approximate surface area is 422 Å². The summed E-state index contributed by atoms with van der Waals surface area (Å²) in [4.78, 5) is 69.5. The van der Waals surface area contributed by atoms with Gasteiger partial charge in [0.1, 0.15) is 34.7 Å². The lowest BCUT2D eigenvalue weighted by Crippen LogP contribution is -2.52. The monoisotopic (exact) mass is 1000 g/mol. The van der Waals surface area contributed by atoms with Crippen molar-refractivity contribution in [1.82, 2.24) is 34.8 Å². The van der Waals surface area contributed by atoms with Crippen LogP contribution in [0.25, 0.3) is 32.8 Å². The van der Waals surface area contributed by atoms with E-state index in [2.05, 4.69) is 20.1 Å². The van der Waals surface area contributed by atoms with E-state index in [1.165, 1.54) is 17.0 Å². The number of nitrogens with zero attached hydrogens (tertiary/aromatic N) is 5. The van der Waals surface area contributed by atoms with Crippen molar-refractivity contribution in [3.63, 3.8) is 0 Å². The summed E-state index contributed by atoms with van der Waals surface area (Å²) >= 11 is 7.22. The number of esters is 1. The highest BCUT2D eigenvalue weighted by atomic mass is 35.5. The van der Waals surface area contributed by atoms with E-state index in [4.69, 9.17) is 30.9 Å². The number of aromatic nitrogens is 3. The number of imide groups is 1. The fourth-order valence-electron chi connectivity index (χ4n) is 10.8. The molecule has 0 radical (unpaired) electrons. The van der Waals surface area contributed by atoms with Crippen LogP contribution in [0.2, 0.25) is 5.02 Å². The maximum atomic E-state index is 14.7. The lowest BCUT2D eigenvalue weighted by atomic mass is 9.96. The lowest BCUT2D eigenvalue weighted by Gasteiger charge is -2.37. The number of amides is 4. The molecule has 9 rings (SSSR count). The van der Waals surface area contributed by atoms with Crippen LogP contribution in [0, 0.1) is 19.7 Å². The first-order valence-corrected chi connectivity index (χ1v) is 25.0. The number of rotatable bonds is 15. The molecule has 0 bridgehead atoms. The first kappa shape index (κ1) is 50.2. The van der Waals surface area contributed by atoms with E-state index in [0.29, 0.717) is 78.7 Å². The number of aryl methyl sites for hydroxylation is 4. The minimum atomic E-state index is -0.781. The number of piperidine rings is 2. The number of hydrogen-bond acceptors (Lipinski definition) is 10. The van der Waals surface area contributed by atoms with Crippen LogP contribution < -0.4 is 20.1 Å². The molecule has 3 atom stereocenters. The number of benzene rings is 4. The van der Waals surface area contributed by atoms with E-state index in [9.17, 15) is 28.4 Å². The Balaban J connectivity index is 0.924. The molecule has 2 fully saturated rings. The maximum Gasteiger partial charge on any atom is 0.355 e. The molecule has 0 aliphatic carbocycles. The Bertz CT molecular complexity index is 3140. The van der Waals surface area contributed by atoms with Crippen molar-refractivity contribution < 1.29 is 42.6 Å². The SMILES string of the molecule is Cc1nn(C)c(C)c1-c1c(Cl)ccc2c(CCCOc3cccc4cc(F)ccc34)c(C(=O)OC(C)(C)C)n(CCC3CCC(NC(=O)COc4cccc5c4CN(C4CCC(=O)NC4=O)C5=O)CN3C)c12. The summed E-state index contributed by atoms with van der Waals surface area (Å²) in [7, 11) is 3.95. The van der Waals surface area contributed by atoms with Gasteiger partial charge in [-0.3, -0.25) is 29.2 Å². The molecule has 0 saturated carbocycles. The van der Waals surface area contributed by atoms with E-state index in [-0.39, 0.29) is 61.6 Å². The third-order valence-electron chi connectivity index (χ3n) is 14.2. The molecule has 3 aliphatic heterocycles. The molecule has 72 heavy (non-hydrogen) atoms. The average Bonchev–Trinajstić information content (AvgIpc) is 3.92. The van der Waals surface area contributed by atoms with Crippen LogP contribution in [0.5, 0.6) is 11.5 Å². The average molecular weight is 1000 g/mol. The van der Waals surface area contributed by atoms with E-state index < -0.39 is 23.5 Å². The summed E-state index contributed by atoms with van der Waals surface area (Å²) in [5.74, 6) is -1.17. The Morgan fingerprint density at radius 1 is 0.931 bits per heavy atom. The fourth-order valence-corrected chi connectivity index (χ4v) is 11.0. The molecule has 4 aromatic carbocycles. The molecule has 3 unspecified atom stereocenters. The highest BCUT2D eigenvalue weighted by Gasteiger charge is 2.40. The summed E-state index contributed by atoms with van der Waals surface area (Å²) in [5.41, 5.74) is 5.80. The van der Waals surface area contributed by atoms with Crippen molar-refractivity contribution in [2.75, 3.05) is 26.8 Å². The molecule has 6 aromatic rings. The van der Waals surface area contributed by atoms with Gasteiger partial charge < -0.3 is 33.9 Å². The number of halogens is 2. The van der Waals surface area contributed by atoms with Crippen LogP contribution >= 0.6 is 11.6 Å². The summed E-state index contributed by atoms with van der Waals surface area (Å²) in [6.45, 7) is 10.8. The van der Waals surface area contributed by atoms with Crippen molar-refractivity contribution in [2.45, 2.75) is 116 Å². The largest absolute Gasteiger partial charge is 0.493 e. The molecule has 2 saturated heterocycles. The Morgan fingerprint density at radius 3 is 2.43 bits per heavy atom. The van der Waals surface area contributed by atoms with Crippen LogP contribution in [-0.4, -0.2) is 104 Å². The smallest absolute Gasteiger partial charge is 0.355 e. The van der Waals surface area contributed by atoms with Gasteiger partial charge in [-0.05, 0) is 134 Å². The molecular weight excluding hydrogens is 941 g/mol. The molecule has 4 amide bonds. The normalized spacial score (nSPS) is 18.4. The number of carbonyl (C=O) groups is 5. The van der Waals surface area contributed by atoms with Gasteiger partial charge in [0.05, 0.1) is 29.4 Å². The highest BCUT2D eigenvalue weighted by Crippen LogP contribution is 2.43. The number of fused-ring (bicyclic) bond motifs is 3. The second-order valence-corrected chi connectivity index (χ2v) is 20.6. The molecule has 5 heterocycles. The predicted octanol–water partition coefficient (Wildman–Crippen LogP) is 8.38. The molecule has 17 heteroatoms. The summed E-state index contributed by atoms with van der Waals surface area (Å²) < 4.78 is 36.6. The van der Waals surface area contributed by atoms with Crippen molar-refractivity contribution in [1.29, 1.82) is 0 Å². The maximum absolute atomic E-state index is 14.7. The molecule has 3 aliphatic rings. The highest BCUT2D eigenvalue weighted by molar-refractivity contribution is 6.35. The van der Waals surface area contributed by atoms with Gasteiger partial charge in [-0.25, -0.2) is 9.18 Å². The first-order chi connectivity index (χ1) is 34.4. The van der Waals surface area contributed by atoms with E-state index in [1.807, 2.05) is 83.7 Å². The number of carbonyl (C=O) groups excluding carboxylic acids is 5. The fraction of sp³-hybridized carbons (Fsp3) is 0.418. The van der Waals surface area contributed by atoms with Gasteiger partial charge in [0, 0.05) is 77.4 Å². The quantitative estimate of drug-likeness (QED) is 0.0580. The van der Waals surface area contributed by atoms with Crippen molar-refractivity contribution in [3.8, 4) is 22.6 Å². The van der Waals surface area contributed by atoms with Crippen molar-refractivity contribution in [3.05, 3.63) is 111 Å². The summed E-state index contributed by atoms with van der Waals surface area (Å²) in [6, 6.07) is 18.4. The second-order valence-electron chi connectivity index (χ2n) is 20.2. The van der Waals surface area contributed by atoms with Crippen molar-refractivity contribution in [2.24, 2.45) is 7.05 Å². The Kier molecular flexibility index (Phi) is 14.2. The third-order valence-corrected chi connectivity index (χ3v) is 14.5. The van der Waals surface area contributed by atoms with Crippen LogP contribution in [0.1, 0.15) is 103 Å². The van der Waals surface area contributed by atoms with Gasteiger partial charge in [-0.1, -0.05) is 35.9 Å². The third kappa shape index (κ3) is 10.2. The van der Waals surface area contributed by atoms with Crippen LogP contribution in [0.3, 0.4) is 0 Å². The minimum absolute atomic E-state index is 0.102. The Hall–Kier alpha value is -6.78. The first-order valence-electron chi connectivity index (χ1n) is 24.6. The number of ether oxygens (including phenoxy) is 3. The summed E-state index contributed by atoms with van der Waals surface area (Å²) in [5, 5.41) is 13.2. The topological polar surface area (TPSA) is 166 Å². The van der Waals surface area contributed by atoms with E-state index >= 15 is 0 Å². The second kappa shape index (κ2) is 20.4. The standard InChI is InChI=1S/C55H61ClFN7O8/c1-31-48(32(2)62(7)60-31)49-42(56)21-20-39-38(13-10-26-70-44-14-8-11-33-27-34(57)16-19-37(33)44)51(54(69)72-55(3,4)5)63(50(39)49)25-24-36-18-17-35(28-61(36)6)58-47(66)30-71-45-15-9-12-40-41(45)29-64(53(40)68)43-22-23-46(65)59-52(43)67/h8-9,11-12,14-16,19-21,27,35-36,43H,10,13,17-18,22-26,28-30H2,1-7H3,(H,58,66)(H,59,65,67). The zero-order valence-corrected chi connectivity index (χ0v) is 42.6. The number of likely N-dealkylation sites (tertiary alicyclic amines) is 1. The predicted molar refractivity (Wildman–Crippen MR) is 272 cm³/mol. The Morgan fingerprint density at radius 2 is 1.69 bits per heavy atom. The van der Waals surface area contributed by atoms with Gasteiger partial charge in [-0.15, -0.1) is 0 Å². The van der Waals surface area contributed by atoms with E-state index in [0.717, 1.165) is 56.2 Å². The van der Waals surface area contributed by atoms with Crippen molar-refractivity contribution >= 4 is 62.9 Å². The molecule has 2 aromatic heterocycles. The number of likely N-dealkylation sites (N-methyl/N-ethyl adjacent to an activating group) is 1. The minimum Gasteiger partial charge on any atom is -0.493 e. The molecular formula is C55H61ClFN7O8. The van der Waals surface area contributed by atoms with Crippen LogP contribution in [0.15, 0.2) is 66.7 Å². The van der Waals surface area contributed by atoms with Gasteiger partial charge in [0.25, 0.3) is 11.8 Å². The van der Waals surface area contributed by atoms with Gasteiger partial charge in [0.2, 0.25) is 11.8 Å². The zero-order valence-electron chi connectivity index (χ0n) is 41.8. The summed E-state index contributed by atoms with van der Waals surface area (Å²) in [6.07, 6.45) is 3.61. The van der Waals surface area contributed by atoms with Gasteiger partial charge in [-0.2, -0.15) is 5.10 Å². The van der Waals surface area contributed by atoms with E-state index in [1.54, 1.807) is 24.3 Å². The lowest BCUT2D eigenvalue weighted by molar-refractivity contribution is -0.137. The molecule has 378 valence electrons. The number of hydrogen-bond donors (Lipinski definition) is 2. The van der Waals surface area contributed by atoms with Crippen LogP contribution in [-0.2, 0) is 45.7 Å². The molecule has 15 nitrogen and oxygen atoms in total. The van der Waals surface area contributed by atoms with Crippen LogP contribution in [0.4, 0.5) is 4.39 Å². The van der Waals surface area contributed by atoms with Gasteiger partial charge in [0.15, 0.2) is 6.61 Å². The zero-order chi connectivity index (χ0) is 51.2. The molecule has 0 spiro atoms. The van der Waals surface area contributed by atoms with Gasteiger partial charge >= 0.3 is 5.97 Å². The number of nitrogens with one attached hydrogen (secondary N) is 2. The molecule has 2 N–H and O–H groups in total.